The van der Waals surface area contributed by atoms with E-state index in [0.29, 0.717) is 6.42 Å². The Balaban J connectivity index is 4.53. The highest BCUT2D eigenvalue weighted by Crippen LogP contribution is 2.12. The van der Waals surface area contributed by atoms with Gasteiger partial charge in [0.05, 0.1) is 0 Å². The third kappa shape index (κ3) is 3.75. The molecule has 1 atom stereocenters. The maximum Gasteiger partial charge on any atom is 0.346 e. The van der Waals surface area contributed by atoms with Gasteiger partial charge in [-0.15, -0.1) is 0 Å². The van der Waals surface area contributed by atoms with E-state index in [0.717, 1.165) is 6.42 Å². The lowest BCUT2D eigenvalue weighted by Crippen LogP contribution is -2.48. The summed E-state index contributed by atoms with van der Waals surface area (Å²) in [6.07, 6.45) is 1.74. The van der Waals surface area contributed by atoms with Crippen LogP contribution in [-0.4, -0.2) is 22.7 Å². The van der Waals surface area contributed by atoms with E-state index in [1.807, 2.05) is 6.92 Å². The number of nitrogens with two attached hydrogens (primary N) is 3. The number of hydrogen-bond donors (Lipinski definition) is 4. The molecule has 6 heteroatoms. The summed E-state index contributed by atoms with van der Waals surface area (Å²) in [5.41, 5.74) is 14.0. The van der Waals surface area contributed by atoms with Gasteiger partial charge in [-0.05, 0) is 12.8 Å². The summed E-state index contributed by atoms with van der Waals surface area (Å²) in [4.78, 5) is 14.2. The fourth-order valence-electron chi connectivity index (χ4n) is 0.887. The van der Waals surface area contributed by atoms with Gasteiger partial charge in [-0.3, -0.25) is 5.73 Å². The Bertz CT molecular complexity index is 213. The first-order valence-electron chi connectivity index (χ1n) is 4.05. The Labute approximate surface area is 76.8 Å². The molecule has 0 aliphatic carbocycles. The lowest BCUT2D eigenvalue weighted by atomic mass is 10.0. The molecule has 0 saturated heterocycles. The smallest absolute Gasteiger partial charge is 0.346 e. The number of rotatable bonds is 5. The minimum absolute atomic E-state index is 0.233. The molecule has 0 heterocycles. The number of guanidine groups is 1. The highest BCUT2D eigenvalue weighted by atomic mass is 16.4. The van der Waals surface area contributed by atoms with Crippen LogP contribution in [0.5, 0.6) is 0 Å². The van der Waals surface area contributed by atoms with Gasteiger partial charge >= 0.3 is 5.97 Å². The summed E-state index contributed by atoms with van der Waals surface area (Å²) >= 11 is 0. The van der Waals surface area contributed by atoms with Gasteiger partial charge in [0, 0.05) is 0 Å². The Morgan fingerprint density at radius 3 is 2.38 bits per heavy atom. The molecule has 0 spiro atoms. The largest absolute Gasteiger partial charge is 0.478 e. The number of hydrogen-bond acceptors (Lipinski definition) is 3. The molecule has 0 aromatic rings. The average molecular weight is 188 g/mol. The van der Waals surface area contributed by atoms with E-state index < -0.39 is 11.6 Å². The van der Waals surface area contributed by atoms with Crippen LogP contribution < -0.4 is 17.2 Å². The topological polar surface area (TPSA) is 128 Å². The summed E-state index contributed by atoms with van der Waals surface area (Å²) in [6.45, 7) is 1.93. The van der Waals surface area contributed by atoms with Crippen molar-refractivity contribution >= 4 is 11.9 Å². The van der Waals surface area contributed by atoms with Crippen molar-refractivity contribution in [3.8, 4) is 0 Å². The van der Waals surface area contributed by atoms with Crippen molar-refractivity contribution in [2.45, 2.75) is 31.8 Å². The molecule has 13 heavy (non-hydrogen) atoms. The molecule has 7 N–H and O–H groups in total. The number of carbonyl (C=O) groups is 1. The monoisotopic (exact) mass is 188 g/mol. The first-order chi connectivity index (χ1) is 5.92. The molecule has 0 bridgehead atoms. The Morgan fingerprint density at radius 2 is 2.08 bits per heavy atom. The van der Waals surface area contributed by atoms with Crippen LogP contribution in [0.4, 0.5) is 0 Å². The van der Waals surface area contributed by atoms with E-state index in [-0.39, 0.29) is 12.4 Å². The second-order valence-electron chi connectivity index (χ2n) is 2.87. The van der Waals surface area contributed by atoms with Crippen molar-refractivity contribution in [2.75, 3.05) is 0 Å². The zero-order valence-electron chi connectivity index (χ0n) is 7.66. The summed E-state index contributed by atoms with van der Waals surface area (Å²) in [7, 11) is 0. The van der Waals surface area contributed by atoms with Crippen LogP contribution >= 0.6 is 0 Å². The van der Waals surface area contributed by atoms with Crippen molar-refractivity contribution < 1.29 is 9.90 Å². The van der Waals surface area contributed by atoms with Gasteiger partial charge in [0.25, 0.3) is 0 Å². The Morgan fingerprint density at radius 1 is 1.54 bits per heavy atom. The normalized spacial score (nSPS) is 14.6. The van der Waals surface area contributed by atoms with E-state index in [1.54, 1.807) is 0 Å². The summed E-state index contributed by atoms with van der Waals surface area (Å²) in [5, 5.41) is 8.76. The van der Waals surface area contributed by atoms with Crippen LogP contribution in [0.25, 0.3) is 0 Å². The predicted molar refractivity (Wildman–Crippen MR) is 49.9 cm³/mol. The molecule has 0 aliphatic heterocycles. The van der Waals surface area contributed by atoms with Gasteiger partial charge in [-0.2, -0.15) is 0 Å². The van der Waals surface area contributed by atoms with Gasteiger partial charge in [-0.25, -0.2) is 9.79 Å². The number of nitrogens with zero attached hydrogens (tertiary/aromatic N) is 1. The molecule has 0 rings (SSSR count). The fourth-order valence-corrected chi connectivity index (χ4v) is 0.887. The molecule has 0 saturated carbocycles. The lowest BCUT2D eigenvalue weighted by Gasteiger charge is -2.19. The van der Waals surface area contributed by atoms with E-state index in [1.165, 1.54) is 0 Å². The molecule has 1 unspecified atom stereocenters. The molecule has 76 valence electrons. The molecule has 0 aliphatic rings. The third-order valence-corrected chi connectivity index (χ3v) is 1.61. The van der Waals surface area contributed by atoms with Crippen LogP contribution in [0.2, 0.25) is 0 Å². The molecule has 0 aromatic heterocycles. The highest BCUT2D eigenvalue weighted by molar-refractivity contribution is 5.84. The summed E-state index contributed by atoms with van der Waals surface area (Å²) in [6, 6.07) is 0. The lowest BCUT2D eigenvalue weighted by molar-refractivity contribution is -0.143. The van der Waals surface area contributed by atoms with E-state index >= 15 is 0 Å². The predicted octanol–water partition coefficient (Wildman–Crippen LogP) is -0.810. The van der Waals surface area contributed by atoms with Gasteiger partial charge in [-0.1, -0.05) is 13.3 Å². The van der Waals surface area contributed by atoms with Crippen molar-refractivity contribution in [3.05, 3.63) is 0 Å². The van der Waals surface area contributed by atoms with Crippen molar-refractivity contribution in [1.82, 2.24) is 0 Å². The van der Waals surface area contributed by atoms with Gasteiger partial charge in [0.1, 0.15) is 0 Å². The minimum Gasteiger partial charge on any atom is -0.478 e. The first-order valence-corrected chi connectivity index (χ1v) is 4.05. The van der Waals surface area contributed by atoms with Crippen LogP contribution in [0.3, 0.4) is 0 Å². The van der Waals surface area contributed by atoms with Crippen LogP contribution in [0, 0.1) is 0 Å². The molecule has 0 aromatic carbocycles. The molecule has 0 fully saturated rings. The quantitative estimate of drug-likeness (QED) is 0.331. The number of carboxylic acids is 1. The Kier molecular flexibility index (Phi) is 4.19. The van der Waals surface area contributed by atoms with Gasteiger partial charge < -0.3 is 16.6 Å². The molecule has 6 nitrogen and oxygen atoms in total. The van der Waals surface area contributed by atoms with Crippen molar-refractivity contribution in [1.29, 1.82) is 0 Å². The van der Waals surface area contributed by atoms with E-state index in [2.05, 4.69) is 4.99 Å². The van der Waals surface area contributed by atoms with E-state index in [4.69, 9.17) is 22.3 Å². The number of aliphatic carboxylic acids is 1. The van der Waals surface area contributed by atoms with E-state index in [9.17, 15) is 4.79 Å². The summed E-state index contributed by atoms with van der Waals surface area (Å²) < 4.78 is 0. The molecular formula is C7H16N4O2. The Hall–Kier alpha value is -1.30. The zero-order valence-corrected chi connectivity index (χ0v) is 7.66. The third-order valence-electron chi connectivity index (χ3n) is 1.61. The molecular weight excluding hydrogens is 172 g/mol. The van der Waals surface area contributed by atoms with Crippen molar-refractivity contribution in [3.63, 3.8) is 0 Å². The van der Waals surface area contributed by atoms with Gasteiger partial charge in [0.15, 0.2) is 5.96 Å². The van der Waals surface area contributed by atoms with Crippen LogP contribution in [0.15, 0.2) is 4.99 Å². The van der Waals surface area contributed by atoms with Gasteiger partial charge in [0.2, 0.25) is 5.66 Å². The number of aliphatic imine (C=N–C) groups is 1. The van der Waals surface area contributed by atoms with Crippen LogP contribution in [0.1, 0.15) is 26.2 Å². The fraction of sp³-hybridized carbons (Fsp3) is 0.714. The molecule has 0 radical (unpaired) electrons. The van der Waals surface area contributed by atoms with Crippen LogP contribution in [-0.2, 0) is 4.79 Å². The average Bonchev–Trinajstić information content (AvgIpc) is 1.99. The second-order valence-corrected chi connectivity index (χ2v) is 2.87. The summed E-state index contributed by atoms with van der Waals surface area (Å²) in [5.74, 6) is -1.52. The van der Waals surface area contributed by atoms with Crippen molar-refractivity contribution in [2.24, 2.45) is 22.2 Å². The first kappa shape index (κ1) is 11.7. The molecule has 0 amide bonds. The minimum atomic E-state index is -1.67. The number of unbranched alkanes of at least 4 members (excludes halogenated alkanes) is 1. The highest BCUT2D eigenvalue weighted by Gasteiger charge is 2.32. The standard InChI is InChI=1S/C7H16N4O2/c1-2-3-4-7(10,5(12)13)11-6(8)9/h2-4,10H2,1H3,(H,12,13)(H4,8,9,11). The maximum absolute atomic E-state index is 10.7. The second kappa shape index (κ2) is 4.66. The number of carboxylic acid groups (broad SMARTS) is 1. The zero-order chi connectivity index (χ0) is 10.5. The SMILES string of the molecule is CCCCC(N)(N=C(N)N)C(=O)O. The maximum atomic E-state index is 10.7.